The molecule has 2 aromatic rings. The van der Waals surface area contributed by atoms with E-state index < -0.39 is 10.0 Å². The molecule has 0 fully saturated rings. The number of hydrogen-bond acceptors (Lipinski definition) is 7. The van der Waals surface area contributed by atoms with Gasteiger partial charge in [-0.15, -0.1) is 0 Å². The molecule has 0 atom stereocenters. The van der Waals surface area contributed by atoms with Crippen LogP contribution in [0.15, 0.2) is 22.7 Å². The first-order chi connectivity index (χ1) is 14.2. The van der Waals surface area contributed by atoms with Crippen molar-refractivity contribution in [2.75, 3.05) is 33.0 Å². The molecule has 1 aromatic heterocycles. The summed E-state index contributed by atoms with van der Waals surface area (Å²) in [6.45, 7) is 6.83. The van der Waals surface area contributed by atoms with E-state index in [1.54, 1.807) is 25.1 Å². The lowest BCUT2D eigenvalue weighted by molar-refractivity contribution is 0.0952. The summed E-state index contributed by atoms with van der Waals surface area (Å²) in [6.07, 6.45) is 1.69. The van der Waals surface area contributed by atoms with Crippen molar-refractivity contribution in [3.05, 3.63) is 40.8 Å². The highest BCUT2D eigenvalue weighted by atomic mass is 32.2. The van der Waals surface area contributed by atoms with Crippen LogP contribution < -0.4 is 14.8 Å². The van der Waals surface area contributed by atoms with Crippen LogP contribution in [0.5, 0.6) is 11.5 Å². The molecule has 0 unspecified atom stereocenters. The van der Waals surface area contributed by atoms with Gasteiger partial charge in [-0.05, 0) is 38.5 Å². The van der Waals surface area contributed by atoms with Gasteiger partial charge in [-0.25, -0.2) is 12.7 Å². The largest absolute Gasteiger partial charge is 0.493 e. The predicted molar refractivity (Wildman–Crippen MR) is 112 cm³/mol. The Bertz CT molecular complexity index is 951. The summed E-state index contributed by atoms with van der Waals surface area (Å²) in [6, 6.07) is 4.93. The highest BCUT2D eigenvalue weighted by Crippen LogP contribution is 2.29. The van der Waals surface area contributed by atoms with Crippen molar-refractivity contribution < 1.29 is 27.2 Å². The number of aromatic nitrogens is 1. The fraction of sp³-hybridized carbons (Fsp3) is 0.500. The molecular formula is C20H29N3O6S. The summed E-state index contributed by atoms with van der Waals surface area (Å²) in [5, 5.41) is 6.69. The second-order valence-corrected chi connectivity index (χ2v) is 8.80. The number of nitrogens with one attached hydrogen (secondary N) is 1. The third-order valence-corrected chi connectivity index (χ3v) is 6.05. The number of benzene rings is 1. The Hall–Kier alpha value is -2.59. The van der Waals surface area contributed by atoms with Crippen LogP contribution >= 0.6 is 0 Å². The molecule has 0 aliphatic carbocycles. The zero-order valence-electron chi connectivity index (χ0n) is 18.0. The lowest BCUT2D eigenvalue weighted by atomic mass is 10.2. The fourth-order valence-electron chi connectivity index (χ4n) is 2.90. The first-order valence-corrected chi connectivity index (χ1v) is 11.5. The number of aryl methyl sites for hydroxylation is 2. The Morgan fingerprint density at radius 2 is 2.00 bits per heavy atom. The van der Waals surface area contributed by atoms with E-state index in [1.165, 1.54) is 17.7 Å². The third kappa shape index (κ3) is 6.20. The molecular weight excluding hydrogens is 410 g/mol. The summed E-state index contributed by atoms with van der Waals surface area (Å²) in [5.74, 6) is 1.36. The van der Waals surface area contributed by atoms with Crippen LogP contribution in [0.25, 0.3) is 0 Å². The number of sulfonamides is 1. The molecule has 1 amide bonds. The van der Waals surface area contributed by atoms with E-state index in [4.69, 9.17) is 14.0 Å². The molecule has 0 bridgehead atoms. The van der Waals surface area contributed by atoms with Crippen LogP contribution in [0.2, 0.25) is 0 Å². The van der Waals surface area contributed by atoms with Crippen molar-refractivity contribution in [3.63, 3.8) is 0 Å². The topological polar surface area (TPSA) is 111 Å². The van der Waals surface area contributed by atoms with Gasteiger partial charge in [0.1, 0.15) is 12.4 Å². The molecule has 1 N–H and O–H groups in total. The SMILES string of the molecule is CCN(CCCNC(=O)c1ccc(OCc2c(C)noc2C)c(OC)c1)S(C)(=O)=O. The van der Waals surface area contributed by atoms with E-state index in [9.17, 15) is 13.2 Å². The lowest BCUT2D eigenvalue weighted by Gasteiger charge is -2.17. The normalized spacial score (nSPS) is 11.5. The summed E-state index contributed by atoms with van der Waals surface area (Å²) in [7, 11) is -1.72. The maximum atomic E-state index is 12.4. The van der Waals surface area contributed by atoms with Gasteiger partial charge in [0.15, 0.2) is 11.5 Å². The molecule has 2 rings (SSSR count). The van der Waals surface area contributed by atoms with Gasteiger partial charge in [-0.1, -0.05) is 12.1 Å². The smallest absolute Gasteiger partial charge is 0.251 e. The maximum Gasteiger partial charge on any atom is 0.251 e. The summed E-state index contributed by atoms with van der Waals surface area (Å²) in [5.41, 5.74) is 2.06. The van der Waals surface area contributed by atoms with E-state index in [-0.39, 0.29) is 12.5 Å². The molecule has 0 saturated heterocycles. The minimum absolute atomic E-state index is 0.270. The Labute approximate surface area is 177 Å². The summed E-state index contributed by atoms with van der Waals surface area (Å²) >= 11 is 0. The molecule has 0 spiro atoms. The summed E-state index contributed by atoms with van der Waals surface area (Å²) in [4.78, 5) is 12.4. The lowest BCUT2D eigenvalue weighted by Crippen LogP contribution is -2.33. The first kappa shape index (κ1) is 23.7. The number of hydrogen-bond donors (Lipinski definition) is 1. The standard InChI is InChI=1S/C20H29N3O6S/c1-6-23(30(5,25)26)11-7-10-21-20(24)16-8-9-18(19(12-16)27-4)28-13-17-14(2)22-29-15(17)3/h8-9,12H,6-7,10-11,13H2,1-5H3,(H,21,24). The van der Waals surface area contributed by atoms with Crippen molar-refractivity contribution in [2.24, 2.45) is 0 Å². The Balaban J connectivity index is 1.94. The van der Waals surface area contributed by atoms with Crippen LogP contribution in [0.4, 0.5) is 0 Å². The molecule has 0 radical (unpaired) electrons. The van der Waals surface area contributed by atoms with Gasteiger partial charge in [-0.2, -0.15) is 0 Å². The quantitative estimate of drug-likeness (QED) is 0.535. The number of methoxy groups -OCH3 is 1. The van der Waals surface area contributed by atoms with Gasteiger partial charge in [0, 0.05) is 25.2 Å². The van der Waals surface area contributed by atoms with E-state index in [0.717, 1.165) is 11.3 Å². The average Bonchev–Trinajstić information content (AvgIpc) is 3.02. The third-order valence-electron chi connectivity index (χ3n) is 4.67. The Morgan fingerprint density at radius 1 is 1.27 bits per heavy atom. The van der Waals surface area contributed by atoms with Crippen LogP contribution in [-0.4, -0.2) is 56.8 Å². The Kier molecular flexibility index (Phi) is 8.24. The minimum Gasteiger partial charge on any atom is -0.493 e. The van der Waals surface area contributed by atoms with Crippen LogP contribution in [0.3, 0.4) is 0 Å². The first-order valence-electron chi connectivity index (χ1n) is 9.63. The van der Waals surface area contributed by atoms with Gasteiger partial charge in [0.2, 0.25) is 10.0 Å². The van der Waals surface area contributed by atoms with E-state index in [0.29, 0.717) is 48.9 Å². The Morgan fingerprint density at radius 3 is 2.57 bits per heavy atom. The van der Waals surface area contributed by atoms with Gasteiger partial charge < -0.3 is 19.3 Å². The monoisotopic (exact) mass is 439 g/mol. The molecule has 10 heteroatoms. The highest BCUT2D eigenvalue weighted by molar-refractivity contribution is 7.88. The molecule has 166 valence electrons. The van der Waals surface area contributed by atoms with Crippen LogP contribution in [0.1, 0.15) is 40.7 Å². The molecule has 0 aliphatic heterocycles. The molecule has 0 saturated carbocycles. The van der Waals surface area contributed by atoms with Crippen LogP contribution in [-0.2, 0) is 16.6 Å². The van der Waals surface area contributed by atoms with Crippen molar-refractivity contribution >= 4 is 15.9 Å². The zero-order chi connectivity index (χ0) is 22.3. The minimum atomic E-state index is -3.23. The molecule has 1 aromatic carbocycles. The number of ether oxygens (including phenoxy) is 2. The fourth-order valence-corrected chi connectivity index (χ4v) is 3.83. The molecule has 1 heterocycles. The zero-order valence-corrected chi connectivity index (χ0v) is 18.8. The number of amides is 1. The number of carbonyl (C=O) groups excluding carboxylic acids is 1. The second-order valence-electron chi connectivity index (χ2n) is 6.82. The van der Waals surface area contributed by atoms with Gasteiger partial charge in [0.05, 0.1) is 24.6 Å². The second kappa shape index (κ2) is 10.4. The average molecular weight is 440 g/mol. The van der Waals surface area contributed by atoms with Gasteiger partial charge in [0.25, 0.3) is 5.91 Å². The number of nitrogens with zero attached hydrogens (tertiary/aromatic N) is 2. The van der Waals surface area contributed by atoms with Crippen molar-refractivity contribution in [3.8, 4) is 11.5 Å². The van der Waals surface area contributed by atoms with E-state index in [2.05, 4.69) is 10.5 Å². The predicted octanol–water partition coefficient (Wildman–Crippen LogP) is 2.28. The summed E-state index contributed by atoms with van der Waals surface area (Å²) < 4.78 is 40.8. The van der Waals surface area contributed by atoms with E-state index in [1.807, 2.05) is 13.8 Å². The van der Waals surface area contributed by atoms with Crippen LogP contribution in [0, 0.1) is 13.8 Å². The molecule has 9 nitrogen and oxygen atoms in total. The maximum absolute atomic E-state index is 12.4. The molecule has 30 heavy (non-hydrogen) atoms. The van der Waals surface area contributed by atoms with Crippen molar-refractivity contribution in [1.29, 1.82) is 0 Å². The van der Waals surface area contributed by atoms with Crippen molar-refractivity contribution in [1.82, 2.24) is 14.8 Å². The molecule has 0 aliphatic rings. The number of rotatable bonds is 11. The van der Waals surface area contributed by atoms with Crippen molar-refractivity contribution in [2.45, 2.75) is 33.8 Å². The number of carbonyl (C=O) groups is 1. The highest BCUT2D eigenvalue weighted by Gasteiger charge is 2.15. The van der Waals surface area contributed by atoms with Gasteiger partial charge in [-0.3, -0.25) is 4.79 Å². The van der Waals surface area contributed by atoms with E-state index >= 15 is 0 Å². The van der Waals surface area contributed by atoms with Gasteiger partial charge >= 0.3 is 0 Å².